The van der Waals surface area contributed by atoms with E-state index >= 15 is 0 Å². The van der Waals surface area contributed by atoms with Crippen molar-refractivity contribution in [1.29, 1.82) is 0 Å². The van der Waals surface area contributed by atoms with Gasteiger partial charge in [-0.15, -0.1) is 0 Å². The summed E-state index contributed by atoms with van der Waals surface area (Å²) in [6, 6.07) is 6.82. The second-order valence-corrected chi connectivity index (χ2v) is 5.96. The average molecular weight is 303 g/mol. The van der Waals surface area contributed by atoms with Crippen LogP contribution in [0, 0.1) is 5.92 Å². The minimum Gasteiger partial charge on any atom is -0.352 e. The first kappa shape index (κ1) is 16.3. The molecule has 1 aliphatic rings. The number of hydrogen-bond donors (Lipinski definition) is 2. The minimum atomic E-state index is -0.546. The normalized spacial score (nSPS) is 18.0. The summed E-state index contributed by atoms with van der Waals surface area (Å²) < 4.78 is 0. The van der Waals surface area contributed by atoms with Gasteiger partial charge in [-0.25, -0.2) is 4.79 Å². The molecule has 1 unspecified atom stereocenters. The molecule has 0 aliphatic carbocycles. The van der Waals surface area contributed by atoms with Crippen LogP contribution in [0.2, 0.25) is 0 Å². The smallest absolute Gasteiger partial charge is 0.312 e. The summed E-state index contributed by atoms with van der Waals surface area (Å²) in [5, 5.41) is 2.54. The first-order valence-corrected chi connectivity index (χ1v) is 8.01. The highest BCUT2D eigenvalue weighted by Crippen LogP contribution is 2.22. The number of carbonyl (C=O) groups excluding carboxylic acids is 2. The lowest BCUT2D eigenvalue weighted by atomic mass is 9.93. The molecule has 1 fully saturated rings. The van der Waals surface area contributed by atoms with Crippen LogP contribution in [-0.2, 0) is 6.54 Å². The highest BCUT2D eigenvalue weighted by molar-refractivity contribution is 5.94. The third-order valence-electron chi connectivity index (χ3n) is 4.17. The number of benzene rings is 1. The molecule has 3 N–H and O–H groups in total. The molecule has 120 valence electrons. The first-order chi connectivity index (χ1) is 10.6. The third-order valence-corrected chi connectivity index (χ3v) is 4.17. The van der Waals surface area contributed by atoms with Crippen LogP contribution < -0.4 is 11.1 Å². The molecule has 5 heteroatoms. The van der Waals surface area contributed by atoms with E-state index in [1.54, 1.807) is 0 Å². The van der Waals surface area contributed by atoms with Gasteiger partial charge in [-0.2, -0.15) is 0 Å². The molecule has 5 nitrogen and oxygen atoms in total. The van der Waals surface area contributed by atoms with Gasteiger partial charge in [-0.1, -0.05) is 25.5 Å². The van der Waals surface area contributed by atoms with Gasteiger partial charge in [0, 0.05) is 25.2 Å². The molecule has 0 bridgehead atoms. The average Bonchev–Trinajstić information content (AvgIpc) is 2.53. The Balaban J connectivity index is 1.95. The Labute approximate surface area is 131 Å². The van der Waals surface area contributed by atoms with E-state index < -0.39 is 6.03 Å². The van der Waals surface area contributed by atoms with Gasteiger partial charge in [0.05, 0.1) is 0 Å². The van der Waals surface area contributed by atoms with Crippen LogP contribution in [0.1, 0.15) is 48.5 Å². The van der Waals surface area contributed by atoms with Crippen molar-refractivity contribution in [3.8, 4) is 0 Å². The van der Waals surface area contributed by atoms with Crippen molar-refractivity contribution >= 4 is 11.9 Å². The van der Waals surface area contributed by atoms with Crippen molar-refractivity contribution in [3.63, 3.8) is 0 Å². The molecule has 1 saturated heterocycles. The molecule has 1 aliphatic heterocycles. The summed E-state index contributed by atoms with van der Waals surface area (Å²) in [5.74, 6) is 0.747. The molecule has 0 saturated carbocycles. The number of urea groups is 1. The predicted octanol–water partition coefficient (Wildman–Crippen LogP) is 2.51. The Morgan fingerprint density at radius 2 is 2.05 bits per heavy atom. The SMILES string of the molecule is CCCC1CCCN(C(=O)c2ccc(CNC(N)=O)cc2)C1. The van der Waals surface area contributed by atoms with Gasteiger partial charge in [0.1, 0.15) is 0 Å². The highest BCUT2D eigenvalue weighted by Gasteiger charge is 2.23. The first-order valence-electron chi connectivity index (χ1n) is 8.01. The van der Waals surface area contributed by atoms with Gasteiger partial charge < -0.3 is 16.0 Å². The Morgan fingerprint density at radius 1 is 1.32 bits per heavy atom. The predicted molar refractivity (Wildman–Crippen MR) is 86.4 cm³/mol. The summed E-state index contributed by atoms with van der Waals surface area (Å²) in [7, 11) is 0. The fourth-order valence-corrected chi connectivity index (χ4v) is 3.03. The van der Waals surface area contributed by atoms with E-state index in [1.807, 2.05) is 29.2 Å². The second kappa shape index (κ2) is 7.82. The molecule has 1 heterocycles. The quantitative estimate of drug-likeness (QED) is 0.877. The van der Waals surface area contributed by atoms with Crippen LogP contribution in [0.5, 0.6) is 0 Å². The minimum absolute atomic E-state index is 0.107. The molecule has 1 aromatic rings. The number of amides is 3. The van der Waals surface area contributed by atoms with E-state index in [4.69, 9.17) is 5.73 Å². The number of primary amides is 1. The van der Waals surface area contributed by atoms with Crippen molar-refractivity contribution in [1.82, 2.24) is 10.2 Å². The fraction of sp³-hybridized carbons (Fsp3) is 0.529. The second-order valence-electron chi connectivity index (χ2n) is 5.96. The Hall–Kier alpha value is -2.04. The summed E-state index contributed by atoms with van der Waals surface area (Å²) in [4.78, 5) is 25.2. The molecule has 0 aromatic heterocycles. The Bertz CT molecular complexity index is 511. The number of nitrogens with two attached hydrogens (primary N) is 1. The fourth-order valence-electron chi connectivity index (χ4n) is 3.03. The largest absolute Gasteiger partial charge is 0.352 e. The molecule has 0 radical (unpaired) electrons. The van der Waals surface area contributed by atoms with Crippen LogP contribution in [-0.4, -0.2) is 29.9 Å². The number of hydrogen-bond acceptors (Lipinski definition) is 2. The van der Waals surface area contributed by atoms with Crippen LogP contribution in [0.3, 0.4) is 0 Å². The molecule has 2 rings (SSSR count). The number of likely N-dealkylation sites (tertiary alicyclic amines) is 1. The lowest BCUT2D eigenvalue weighted by molar-refractivity contribution is 0.0667. The zero-order valence-corrected chi connectivity index (χ0v) is 13.2. The van der Waals surface area contributed by atoms with Crippen molar-refractivity contribution in [3.05, 3.63) is 35.4 Å². The number of nitrogens with one attached hydrogen (secondary N) is 1. The van der Waals surface area contributed by atoms with Gasteiger partial charge in [-0.3, -0.25) is 4.79 Å². The summed E-state index contributed by atoms with van der Waals surface area (Å²) >= 11 is 0. The Kier molecular flexibility index (Phi) is 5.81. The molecular weight excluding hydrogens is 278 g/mol. The van der Waals surface area contributed by atoms with Crippen LogP contribution >= 0.6 is 0 Å². The van der Waals surface area contributed by atoms with Gasteiger partial charge in [0.2, 0.25) is 0 Å². The molecule has 3 amide bonds. The maximum atomic E-state index is 12.6. The zero-order chi connectivity index (χ0) is 15.9. The van der Waals surface area contributed by atoms with Crippen molar-refractivity contribution in [2.45, 2.75) is 39.2 Å². The van der Waals surface area contributed by atoms with Crippen LogP contribution in [0.15, 0.2) is 24.3 Å². The molecule has 22 heavy (non-hydrogen) atoms. The summed E-state index contributed by atoms with van der Waals surface area (Å²) in [6.07, 6.45) is 4.70. The lowest BCUT2D eigenvalue weighted by Crippen LogP contribution is -2.39. The topological polar surface area (TPSA) is 75.4 Å². The van der Waals surface area contributed by atoms with Gasteiger partial charge >= 0.3 is 6.03 Å². The van der Waals surface area contributed by atoms with Crippen molar-refractivity contribution in [2.24, 2.45) is 11.7 Å². The lowest BCUT2D eigenvalue weighted by Gasteiger charge is -2.32. The Morgan fingerprint density at radius 3 is 2.68 bits per heavy atom. The maximum Gasteiger partial charge on any atom is 0.312 e. The monoisotopic (exact) mass is 303 g/mol. The molecule has 1 atom stereocenters. The zero-order valence-electron chi connectivity index (χ0n) is 13.2. The van der Waals surface area contributed by atoms with E-state index in [9.17, 15) is 9.59 Å². The molecular formula is C17H25N3O2. The standard InChI is InChI=1S/C17H25N3O2/c1-2-4-14-5-3-10-20(12-14)16(21)15-8-6-13(7-9-15)11-19-17(18)22/h6-9,14H,2-5,10-12H2,1H3,(H3,18,19,22). The van der Waals surface area contributed by atoms with Crippen LogP contribution in [0.4, 0.5) is 4.79 Å². The van der Waals surface area contributed by atoms with Crippen LogP contribution in [0.25, 0.3) is 0 Å². The number of carbonyl (C=O) groups is 2. The maximum absolute atomic E-state index is 12.6. The number of nitrogens with zero attached hydrogens (tertiary/aromatic N) is 1. The molecule has 1 aromatic carbocycles. The van der Waals surface area contributed by atoms with Crippen molar-refractivity contribution < 1.29 is 9.59 Å². The van der Waals surface area contributed by atoms with E-state index in [-0.39, 0.29) is 5.91 Å². The number of piperidine rings is 1. The van der Waals surface area contributed by atoms with E-state index in [0.29, 0.717) is 18.0 Å². The number of rotatable bonds is 5. The van der Waals surface area contributed by atoms with E-state index in [1.165, 1.54) is 19.3 Å². The summed E-state index contributed by atoms with van der Waals surface area (Å²) in [5.41, 5.74) is 6.68. The van der Waals surface area contributed by atoms with Gasteiger partial charge in [-0.05, 0) is 42.9 Å². The van der Waals surface area contributed by atoms with Gasteiger partial charge in [0.25, 0.3) is 5.91 Å². The highest BCUT2D eigenvalue weighted by atomic mass is 16.2. The summed E-state index contributed by atoms with van der Waals surface area (Å²) in [6.45, 7) is 4.30. The van der Waals surface area contributed by atoms with Gasteiger partial charge in [0.15, 0.2) is 0 Å². The van der Waals surface area contributed by atoms with E-state index in [0.717, 1.165) is 25.1 Å². The van der Waals surface area contributed by atoms with Crippen molar-refractivity contribution in [2.75, 3.05) is 13.1 Å². The third kappa shape index (κ3) is 4.48. The van der Waals surface area contributed by atoms with E-state index in [2.05, 4.69) is 12.2 Å². The molecule has 0 spiro atoms.